The first-order chi connectivity index (χ1) is 10.5. The molecule has 2 aromatic carbocycles. The van der Waals surface area contributed by atoms with E-state index in [1.165, 1.54) is 12.1 Å². The van der Waals surface area contributed by atoms with Gasteiger partial charge in [-0.1, -0.05) is 36.4 Å². The van der Waals surface area contributed by atoms with Gasteiger partial charge in [0.1, 0.15) is 0 Å². The van der Waals surface area contributed by atoms with E-state index >= 15 is 0 Å². The van der Waals surface area contributed by atoms with Crippen LogP contribution in [-0.2, 0) is 4.74 Å². The first kappa shape index (κ1) is 15.4. The number of nitro groups is 1. The van der Waals surface area contributed by atoms with Gasteiger partial charge >= 0.3 is 5.97 Å². The van der Waals surface area contributed by atoms with Crippen LogP contribution in [0.2, 0.25) is 0 Å². The smallest absolute Gasteiger partial charge is 0.338 e. The third-order valence-electron chi connectivity index (χ3n) is 3.07. The van der Waals surface area contributed by atoms with Gasteiger partial charge in [-0.3, -0.25) is 14.9 Å². The quantitative estimate of drug-likeness (QED) is 0.366. The summed E-state index contributed by atoms with van der Waals surface area (Å²) in [6, 6.07) is 12.5. The first-order valence-electron chi connectivity index (χ1n) is 6.49. The molecule has 0 spiro atoms. The molecule has 0 saturated carbocycles. The van der Waals surface area contributed by atoms with E-state index in [4.69, 9.17) is 4.74 Å². The summed E-state index contributed by atoms with van der Waals surface area (Å²) in [6.07, 6.45) is 0. The fourth-order valence-electron chi connectivity index (χ4n) is 1.85. The minimum Gasteiger partial charge on any atom is -0.454 e. The molecule has 0 heterocycles. The zero-order valence-electron chi connectivity index (χ0n) is 11.8. The SMILES string of the molecule is Cc1ccc(C(=O)OCC(=O)c2ccccc2)cc1[N+](=O)[O-]. The predicted molar refractivity (Wildman–Crippen MR) is 78.9 cm³/mol. The van der Waals surface area contributed by atoms with Gasteiger partial charge in [-0.2, -0.15) is 0 Å². The molecule has 0 atom stereocenters. The largest absolute Gasteiger partial charge is 0.454 e. The number of hydrogen-bond acceptors (Lipinski definition) is 5. The number of nitrogens with zero attached hydrogens (tertiary/aromatic N) is 1. The van der Waals surface area contributed by atoms with Crippen molar-refractivity contribution in [2.24, 2.45) is 0 Å². The Morgan fingerprint density at radius 1 is 1.09 bits per heavy atom. The van der Waals surface area contributed by atoms with Crippen LogP contribution in [0, 0.1) is 17.0 Å². The number of benzene rings is 2. The van der Waals surface area contributed by atoms with Gasteiger partial charge in [0.2, 0.25) is 0 Å². The standard InChI is InChI=1S/C16H13NO5/c1-11-7-8-13(9-14(11)17(20)21)16(19)22-10-15(18)12-5-3-2-4-6-12/h2-9H,10H2,1H3. The molecule has 0 aliphatic heterocycles. The molecule has 0 N–H and O–H groups in total. The number of ether oxygens (including phenoxy) is 1. The highest BCUT2D eigenvalue weighted by Crippen LogP contribution is 2.19. The van der Waals surface area contributed by atoms with Crippen molar-refractivity contribution in [3.05, 3.63) is 75.3 Å². The molecule has 0 bridgehead atoms. The number of ketones is 1. The molecule has 2 rings (SSSR count). The summed E-state index contributed by atoms with van der Waals surface area (Å²) in [5, 5.41) is 10.8. The lowest BCUT2D eigenvalue weighted by Gasteiger charge is -2.05. The topological polar surface area (TPSA) is 86.5 Å². The molecule has 6 heteroatoms. The Kier molecular flexibility index (Phi) is 4.63. The number of carbonyl (C=O) groups is 2. The molecule has 0 radical (unpaired) electrons. The average molecular weight is 299 g/mol. The zero-order valence-corrected chi connectivity index (χ0v) is 11.8. The minimum atomic E-state index is -0.771. The normalized spacial score (nSPS) is 10.0. The third kappa shape index (κ3) is 3.54. The molecule has 0 unspecified atom stereocenters. The van der Waals surface area contributed by atoms with Crippen molar-refractivity contribution in [1.82, 2.24) is 0 Å². The Hall–Kier alpha value is -3.02. The minimum absolute atomic E-state index is 0.0400. The number of aryl methyl sites for hydroxylation is 1. The van der Waals surface area contributed by atoms with Crippen LogP contribution in [0.1, 0.15) is 26.3 Å². The van der Waals surface area contributed by atoms with Crippen LogP contribution in [0.5, 0.6) is 0 Å². The summed E-state index contributed by atoms with van der Waals surface area (Å²) >= 11 is 0. The van der Waals surface area contributed by atoms with Crippen LogP contribution >= 0.6 is 0 Å². The molecule has 0 aromatic heterocycles. The average Bonchev–Trinajstić information content (AvgIpc) is 2.53. The number of Topliss-reactive ketones (excluding diaryl/α,β-unsaturated/α-hetero) is 1. The highest BCUT2D eigenvalue weighted by atomic mass is 16.6. The van der Waals surface area contributed by atoms with Gasteiger partial charge in [-0.05, 0) is 13.0 Å². The molecule has 0 aliphatic carbocycles. The fourth-order valence-corrected chi connectivity index (χ4v) is 1.85. The predicted octanol–water partition coefficient (Wildman–Crippen LogP) is 2.94. The van der Waals surface area contributed by atoms with Gasteiger partial charge in [0, 0.05) is 17.2 Å². The van der Waals surface area contributed by atoms with Crippen molar-refractivity contribution < 1.29 is 19.2 Å². The van der Waals surface area contributed by atoms with Gasteiger partial charge in [0.15, 0.2) is 12.4 Å². The Bertz CT molecular complexity index is 725. The van der Waals surface area contributed by atoms with Gasteiger partial charge in [0.25, 0.3) is 5.69 Å². The first-order valence-corrected chi connectivity index (χ1v) is 6.49. The lowest BCUT2D eigenvalue weighted by atomic mass is 10.1. The Labute approximate surface area is 126 Å². The number of carbonyl (C=O) groups excluding carboxylic acids is 2. The Morgan fingerprint density at radius 2 is 1.77 bits per heavy atom. The Balaban J connectivity index is 2.05. The number of esters is 1. The summed E-state index contributed by atoms with van der Waals surface area (Å²) in [4.78, 5) is 34.0. The fraction of sp³-hybridized carbons (Fsp3) is 0.125. The second kappa shape index (κ2) is 6.62. The summed E-state index contributed by atoms with van der Waals surface area (Å²) in [6.45, 7) is 1.16. The van der Waals surface area contributed by atoms with Gasteiger partial charge in [-0.25, -0.2) is 4.79 Å². The van der Waals surface area contributed by atoms with Crippen LogP contribution in [0.4, 0.5) is 5.69 Å². The molecule has 2 aromatic rings. The van der Waals surface area contributed by atoms with E-state index in [2.05, 4.69) is 0 Å². The summed E-state index contributed by atoms with van der Waals surface area (Å²) < 4.78 is 4.91. The van der Waals surface area contributed by atoms with Gasteiger partial charge < -0.3 is 4.74 Å². The van der Waals surface area contributed by atoms with Crippen LogP contribution in [0.25, 0.3) is 0 Å². The molecule has 0 saturated heterocycles. The van der Waals surface area contributed by atoms with Crippen LogP contribution < -0.4 is 0 Å². The van der Waals surface area contributed by atoms with E-state index < -0.39 is 17.5 Å². The van der Waals surface area contributed by atoms with E-state index in [1.54, 1.807) is 37.3 Å². The monoisotopic (exact) mass is 299 g/mol. The maximum atomic E-state index is 11.9. The molecule has 0 aliphatic rings. The third-order valence-corrected chi connectivity index (χ3v) is 3.07. The molecule has 22 heavy (non-hydrogen) atoms. The maximum Gasteiger partial charge on any atom is 0.338 e. The second-order valence-electron chi connectivity index (χ2n) is 4.62. The van der Waals surface area contributed by atoms with Crippen LogP contribution in [0.15, 0.2) is 48.5 Å². The number of nitro benzene ring substituents is 1. The second-order valence-corrected chi connectivity index (χ2v) is 4.62. The lowest BCUT2D eigenvalue weighted by molar-refractivity contribution is -0.385. The maximum absolute atomic E-state index is 11.9. The molecular formula is C16H13NO5. The molecule has 112 valence electrons. The van der Waals surface area contributed by atoms with Gasteiger partial charge in [-0.15, -0.1) is 0 Å². The van der Waals surface area contributed by atoms with E-state index in [-0.39, 0.29) is 17.0 Å². The summed E-state index contributed by atoms with van der Waals surface area (Å²) in [5.74, 6) is -1.11. The summed E-state index contributed by atoms with van der Waals surface area (Å²) in [7, 11) is 0. The lowest BCUT2D eigenvalue weighted by Crippen LogP contribution is -2.14. The van der Waals surface area contributed by atoms with Crippen molar-refractivity contribution in [3.63, 3.8) is 0 Å². The van der Waals surface area contributed by atoms with Gasteiger partial charge in [0.05, 0.1) is 10.5 Å². The van der Waals surface area contributed by atoms with E-state index in [0.717, 1.165) is 6.07 Å². The van der Waals surface area contributed by atoms with E-state index in [9.17, 15) is 19.7 Å². The van der Waals surface area contributed by atoms with Crippen molar-refractivity contribution in [1.29, 1.82) is 0 Å². The van der Waals surface area contributed by atoms with Crippen LogP contribution in [0.3, 0.4) is 0 Å². The summed E-state index contributed by atoms with van der Waals surface area (Å²) in [5.41, 5.74) is 0.758. The van der Waals surface area contributed by atoms with Crippen molar-refractivity contribution in [2.45, 2.75) is 6.92 Å². The number of hydrogen-bond donors (Lipinski definition) is 0. The highest BCUT2D eigenvalue weighted by Gasteiger charge is 2.17. The number of rotatable bonds is 5. The molecule has 0 fully saturated rings. The molecular weight excluding hydrogens is 286 g/mol. The molecule has 0 amide bonds. The van der Waals surface area contributed by atoms with Crippen LogP contribution in [-0.4, -0.2) is 23.3 Å². The van der Waals surface area contributed by atoms with E-state index in [1.807, 2.05) is 0 Å². The van der Waals surface area contributed by atoms with E-state index in [0.29, 0.717) is 11.1 Å². The van der Waals surface area contributed by atoms with Crippen molar-refractivity contribution >= 4 is 17.4 Å². The molecule has 6 nitrogen and oxygen atoms in total. The highest BCUT2D eigenvalue weighted by molar-refractivity contribution is 5.99. The van der Waals surface area contributed by atoms with Crippen molar-refractivity contribution in [3.8, 4) is 0 Å². The van der Waals surface area contributed by atoms with Crippen molar-refractivity contribution in [2.75, 3.05) is 6.61 Å². The zero-order chi connectivity index (χ0) is 16.1. The Morgan fingerprint density at radius 3 is 2.41 bits per heavy atom.